The minimum atomic E-state index is -0.561. The minimum absolute atomic E-state index is 0.102. The number of aromatic nitrogens is 3. The average Bonchev–Trinajstić information content (AvgIpc) is 3.16. The van der Waals surface area contributed by atoms with Crippen molar-refractivity contribution in [1.82, 2.24) is 30.5 Å². The zero-order valence-corrected chi connectivity index (χ0v) is 19.0. The van der Waals surface area contributed by atoms with E-state index in [0.717, 1.165) is 23.5 Å². The molecule has 1 aliphatic carbocycles. The first-order valence-electron chi connectivity index (χ1n) is 10.7. The van der Waals surface area contributed by atoms with Crippen LogP contribution in [0.4, 0.5) is 10.6 Å². The van der Waals surface area contributed by atoms with Crippen LogP contribution in [0.1, 0.15) is 41.9 Å². The highest BCUT2D eigenvalue weighted by molar-refractivity contribution is 7.17. The lowest BCUT2D eigenvalue weighted by atomic mass is 10.2. The number of amides is 4. The van der Waals surface area contributed by atoms with Crippen LogP contribution >= 0.6 is 11.3 Å². The fourth-order valence-electron chi connectivity index (χ4n) is 3.37. The molecule has 0 spiro atoms. The Labute approximate surface area is 193 Å². The number of fused-ring (bicyclic) bond motifs is 1. The van der Waals surface area contributed by atoms with Gasteiger partial charge < -0.3 is 16.0 Å². The maximum atomic E-state index is 12.5. The highest BCUT2D eigenvalue weighted by Crippen LogP contribution is 2.32. The first-order chi connectivity index (χ1) is 15.9. The normalized spacial score (nSPS) is 17.0. The molecule has 1 aliphatic heterocycles. The molecule has 3 aromatic rings. The molecule has 2 fully saturated rings. The quantitative estimate of drug-likeness (QED) is 0.314. The summed E-state index contributed by atoms with van der Waals surface area (Å²) in [6, 6.07) is 5.42. The lowest BCUT2D eigenvalue weighted by Gasteiger charge is -2.09. The largest absolute Gasteiger partial charge is 0.367 e. The monoisotopic (exact) mass is 465 g/mol. The molecule has 0 unspecified atom stereocenters. The number of thiophene rings is 1. The van der Waals surface area contributed by atoms with Crippen LogP contribution in [0, 0.1) is 5.92 Å². The predicted molar refractivity (Wildman–Crippen MR) is 125 cm³/mol. The third-order valence-corrected chi connectivity index (χ3v) is 6.31. The third-order valence-electron chi connectivity index (χ3n) is 5.20. The van der Waals surface area contributed by atoms with Crippen molar-refractivity contribution in [3.63, 3.8) is 0 Å². The zero-order valence-electron chi connectivity index (χ0n) is 18.1. The second-order valence-electron chi connectivity index (χ2n) is 8.51. The Bertz CT molecular complexity index is 1300. The molecule has 4 N–H and O–H groups in total. The number of hydrogen-bond donors (Lipinski definition) is 4. The van der Waals surface area contributed by atoms with E-state index in [4.69, 9.17) is 4.98 Å². The van der Waals surface area contributed by atoms with E-state index in [1.807, 2.05) is 26.0 Å². The topological polar surface area (TPSA) is 130 Å². The van der Waals surface area contributed by atoms with Crippen LogP contribution in [0.3, 0.4) is 0 Å². The molecule has 0 bridgehead atoms. The van der Waals surface area contributed by atoms with Gasteiger partial charge in [0, 0.05) is 24.2 Å². The number of imide groups is 1. The van der Waals surface area contributed by atoms with Crippen LogP contribution in [0.5, 0.6) is 0 Å². The molecule has 4 heterocycles. The highest BCUT2D eigenvalue weighted by atomic mass is 32.1. The van der Waals surface area contributed by atoms with Gasteiger partial charge in [-0.2, -0.15) is 9.61 Å². The Morgan fingerprint density at radius 3 is 2.82 bits per heavy atom. The van der Waals surface area contributed by atoms with E-state index >= 15 is 0 Å². The van der Waals surface area contributed by atoms with E-state index < -0.39 is 11.9 Å². The number of anilines is 1. The number of carbonyl (C=O) groups excluding carboxylic acids is 3. The summed E-state index contributed by atoms with van der Waals surface area (Å²) in [6.45, 7) is 4.71. The number of nitrogens with one attached hydrogen (secondary N) is 4. The van der Waals surface area contributed by atoms with Crippen LogP contribution in [0.2, 0.25) is 0 Å². The second-order valence-corrected chi connectivity index (χ2v) is 9.60. The van der Waals surface area contributed by atoms with Crippen molar-refractivity contribution in [1.29, 1.82) is 0 Å². The lowest BCUT2D eigenvalue weighted by molar-refractivity contribution is -0.115. The van der Waals surface area contributed by atoms with Gasteiger partial charge in [-0.15, -0.1) is 11.3 Å². The standard InChI is InChI=1S/C22H23N7O3S/c1-11(2)9-23-21(31)17-6-5-16(33-17)14-8-18(25-13-3-4-13)29-19(26-14)12(10-24-29)7-15-20(30)28-22(32)27-15/h5-8,10-11,13,25H,3-4,9H2,1-2H3,(H,23,31)(H2,27,28,30,32)/b15-7-. The molecule has 170 valence electrons. The van der Waals surface area contributed by atoms with Crippen molar-refractivity contribution in [2.24, 2.45) is 5.92 Å². The van der Waals surface area contributed by atoms with Gasteiger partial charge in [-0.05, 0) is 37.0 Å². The number of carbonyl (C=O) groups is 3. The molecule has 2 aliphatic rings. The molecule has 1 saturated heterocycles. The molecule has 5 rings (SSSR count). The van der Waals surface area contributed by atoms with Crippen molar-refractivity contribution in [2.75, 3.05) is 11.9 Å². The maximum Gasteiger partial charge on any atom is 0.326 e. The summed E-state index contributed by atoms with van der Waals surface area (Å²) < 4.78 is 1.69. The number of hydrogen-bond acceptors (Lipinski definition) is 7. The van der Waals surface area contributed by atoms with Gasteiger partial charge in [0.05, 0.1) is 21.6 Å². The molecular weight excluding hydrogens is 442 g/mol. The fourth-order valence-corrected chi connectivity index (χ4v) is 4.25. The summed E-state index contributed by atoms with van der Waals surface area (Å²) >= 11 is 1.37. The summed E-state index contributed by atoms with van der Waals surface area (Å²) in [5.74, 6) is 0.549. The lowest BCUT2D eigenvalue weighted by Crippen LogP contribution is -2.26. The van der Waals surface area contributed by atoms with Gasteiger partial charge >= 0.3 is 6.03 Å². The fraction of sp³-hybridized carbons (Fsp3) is 0.318. The van der Waals surface area contributed by atoms with Crippen LogP contribution in [-0.2, 0) is 4.79 Å². The number of rotatable bonds is 7. The predicted octanol–water partition coefficient (Wildman–Crippen LogP) is 2.60. The summed E-state index contributed by atoms with van der Waals surface area (Å²) in [4.78, 5) is 42.1. The van der Waals surface area contributed by atoms with Crippen LogP contribution < -0.4 is 21.3 Å². The van der Waals surface area contributed by atoms with Gasteiger partial charge in [0.25, 0.3) is 11.8 Å². The van der Waals surface area contributed by atoms with E-state index in [1.54, 1.807) is 22.9 Å². The molecule has 3 aromatic heterocycles. The first kappa shape index (κ1) is 21.1. The summed E-state index contributed by atoms with van der Waals surface area (Å²) in [5.41, 5.74) is 1.96. The Balaban J connectivity index is 1.53. The zero-order chi connectivity index (χ0) is 23.1. The Morgan fingerprint density at radius 1 is 1.30 bits per heavy atom. The number of urea groups is 1. The minimum Gasteiger partial charge on any atom is -0.367 e. The van der Waals surface area contributed by atoms with Crippen LogP contribution in [0.15, 0.2) is 30.1 Å². The molecule has 0 aromatic carbocycles. The maximum absolute atomic E-state index is 12.5. The van der Waals surface area contributed by atoms with E-state index in [0.29, 0.717) is 40.3 Å². The third kappa shape index (κ3) is 4.44. The molecule has 4 amide bonds. The van der Waals surface area contributed by atoms with Gasteiger partial charge in [0.2, 0.25) is 0 Å². The van der Waals surface area contributed by atoms with Crippen molar-refractivity contribution in [3.05, 3.63) is 40.5 Å². The molecule has 1 saturated carbocycles. The number of nitrogens with zero attached hydrogens (tertiary/aromatic N) is 3. The van der Waals surface area contributed by atoms with Gasteiger partial charge in [0.15, 0.2) is 5.65 Å². The SMILES string of the molecule is CC(C)CNC(=O)c1ccc(-c2cc(NC3CC3)n3ncc(/C=C4\NC(=O)NC4=O)c3n2)s1. The van der Waals surface area contributed by atoms with Crippen molar-refractivity contribution in [2.45, 2.75) is 32.7 Å². The molecule has 33 heavy (non-hydrogen) atoms. The van der Waals surface area contributed by atoms with Gasteiger partial charge in [0.1, 0.15) is 11.5 Å². The van der Waals surface area contributed by atoms with Gasteiger partial charge in [-0.1, -0.05) is 13.8 Å². The van der Waals surface area contributed by atoms with Crippen LogP contribution in [-0.4, -0.2) is 45.0 Å². The summed E-state index contributed by atoms with van der Waals surface area (Å²) in [7, 11) is 0. The van der Waals surface area contributed by atoms with E-state index in [2.05, 4.69) is 26.4 Å². The summed E-state index contributed by atoms with van der Waals surface area (Å²) in [5, 5.41) is 15.5. The van der Waals surface area contributed by atoms with E-state index in [1.165, 1.54) is 11.3 Å². The van der Waals surface area contributed by atoms with Crippen LogP contribution in [0.25, 0.3) is 22.3 Å². The molecule has 0 radical (unpaired) electrons. The van der Waals surface area contributed by atoms with E-state index in [9.17, 15) is 14.4 Å². The first-order valence-corrected chi connectivity index (χ1v) is 11.6. The Kier molecular flexibility index (Phi) is 5.33. The Morgan fingerprint density at radius 2 is 2.12 bits per heavy atom. The van der Waals surface area contributed by atoms with Crippen molar-refractivity contribution >= 4 is 46.7 Å². The Hall–Kier alpha value is -3.73. The molecule has 10 nitrogen and oxygen atoms in total. The van der Waals surface area contributed by atoms with Crippen molar-refractivity contribution in [3.8, 4) is 10.6 Å². The molecule has 11 heteroatoms. The average molecular weight is 466 g/mol. The highest BCUT2D eigenvalue weighted by Gasteiger charge is 2.25. The van der Waals surface area contributed by atoms with E-state index in [-0.39, 0.29) is 11.6 Å². The summed E-state index contributed by atoms with van der Waals surface area (Å²) in [6.07, 6.45) is 5.33. The van der Waals surface area contributed by atoms with Gasteiger partial charge in [-0.3, -0.25) is 14.9 Å². The molecular formula is C22H23N7O3S. The smallest absolute Gasteiger partial charge is 0.326 e. The van der Waals surface area contributed by atoms with Crippen molar-refractivity contribution < 1.29 is 14.4 Å². The van der Waals surface area contributed by atoms with Gasteiger partial charge in [-0.25, -0.2) is 9.78 Å². The molecule has 0 atom stereocenters. The second kappa shape index (κ2) is 8.32.